The first-order valence-electron chi connectivity index (χ1n) is 8.90. The van der Waals surface area contributed by atoms with Gasteiger partial charge in [0.25, 0.3) is 0 Å². The minimum absolute atomic E-state index is 0.250. The van der Waals surface area contributed by atoms with E-state index in [1.165, 1.54) is 90.1 Å². The largest absolute Gasteiger partial charge is 0.372 e. The molecule has 1 saturated carbocycles. The molecular weight excluding hydrogens is 260 g/mol. The molecule has 0 aromatic carbocycles. The Balaban J connectivity index is 0.000000677. The van der Waals surface area contributed by atoms with E-state index in [1.807, 2.05) is 0 Å². The first-order chi connectivity index (χ1) is 10.4. The van der Waals surface area contributed by atoms with Crippen molar-refractivity contribution in [2.75, 3.05) is 13.1 Å². The number of carbonyl (C=O) groups is 1. The first kappa shape index (κ1) is 18.2. The fourth-order valence-corrected chi connectivity index (χ4v) is 3.50. The van der Waals surface area contributed by atoms with E-state index in [1.54, 1.807) is 5.57 Å². The molecule has 21 heavy (non-hydrogen) atoms. The molecule has 0 radical (unpaired) electrons. The molecule has 0 heterocycles. The molecule has 0 aromatic rings. The molecule has 2 aliphatic carbocycles. The van der Waals surface area contributed by atoms with Crippen LogP contribution in [0.2, 0.25) is 0 Å². The zero-order valence-corrected chi connectivity index (χ0v) is 13.6. The molecule has 0 atom stereocenters. The van der Waals surface area contributed by atoms with E-state index in [0.717, 1.165) is 5.92 Å². The number of rotatable bonds is 7. The highest BCUT2D eigenvalue weighted by molar-refractivity contribution is 5.42. The average Bonchev–Trinajstić information content (AvgIpc) is 2.53. The van der Waals surface area contributed by atoms with Gasteiger partial charge in [-0.3, -0.25) is 4.79 Å². The molecule has 0 bridgehead atoms. The van der Waals surface area contributed by atoms with Gasteiger partial charge in [-0.05, 0) is 64.0 Å². The fourth-order valence-electron chi connectivity index (χ4n) is 3.50. The van der Waals surface area contributed by atoms with E-state index in [0.29, 0.717) is 0 Å². The molecular formula is C18H34N2O. The van der Waals surface area contributed by atoms with Crippen LogP contribution in [0.15, 0.2) is 11.6 Å². The third-order valence-electron chi connectivity index (χ3n) is 4.70. The van der Waals surface area contributed by atoms with Crippen molar-refractivity contribution in [3.63, 3.8) is 0 Å². The molecule has 3 nitrogen and oxygen atoms in total. The number of hydrogen-bond acceptors (Lipinski definition) is 2. The van der Waals surface area contributed by atoms with Crippen LogP contribution >= 0.6 is 0 Å². The number of allylic oxidation sites excluding steroid dienone is 1. The molecule has 1 amide bonds. The third kappa shape index (κ3) is 9.67. The van der Waals surface area contributed by atoms with Crippen LogP contribution in [0.25, 0.3) is 0 Å². The van der Waals surface area contributed by atoms with Crippen LogP contribution in [0, 0.1) is 5.92 Å². The number of carbonyl (C=O) groups excluding carboxylic acids is 1. The van der Waals surface area contributed by atoms with Gasteiger partial charge in [0.2, 0.25) is 6.41 Å². The van der Waals surface area contributed by atoms with Gasteiger partial charge in [-0.25, -0.2) is 0 Å². The van der Waals surface area contributed by atoms with Crippen LogP contribution in [0.4, 0.5) is 0 Å². The maximum Gasteiger partial charge on any atom is 0.204 e. The van der Waals surface area contributed by atoms with Crippen LogP contribution in [0.5, 0.6) is 0 Å². The van der Waals surface area contributed by atoms with Gasteiger partial charge >= 0.3 is 0 Å². The van der Waals surface area contributed by atoms with Crippen molar-refractivity contribution in [1.29, 1.82) is 0 Å². The SMILES string of the molecule is C1=C(CCNCCCC2CCCCC2)CCCC1.NC=O. The summed E-state index contributed by atoms with van der Waals surface area (Å²) in [6.07, 6.45) is 19.9. The van der Waals surface area contributed by atoms with Crippen molar-refractivity contribution >= 4 is 6.41 Å². The zero-order chi connectivity index (χ0) is 15.2. The Hall–Kier alpha value is -0.830. The Morgan fingerprint density at radius 3 is 2.57 bits per heavy atom. The highest BCUT2D eigenvalue weighted by Crippen LogP contribution is 2.27. The van der Waals surface area contributed by atoms with Gasteiger partial charge < -0.3 is 11.1 Å². The number of primary amides is 1. The lowest BCUT2D eigenvalue weighted by Gasteiger charge is -2.21. The highest BCUT2D eigenvalue weighted by Gasteiger charge is 2.12. The van der Waals surface area contributed by atoms with E-state index in [9.17, 15) is 0 Å². The summed E-state index contributed by atoms with van der Waals surface area (Å²) in [5.74, 6) is 1.06. The first-order valence-corrected chi connectivity index (χ1v) is 8.90. The van der Waals surface area contributed by atoms with Crippen molar-refractivity contribution in [1.82, 2.24) is 5.32 Å². The maximum absolute atomic E-state index is 8.58. The summed E-state index contributed by atoms with van der Waals surface area (Å²) in [5.41, 5.74) is 5.88. The Morgan fingerprint density at radius 1 is 1.14 bits per heavy atom. The van der Waals surface area contributed by atoms with E-state index in [4.69, 9.17) is 4.79 Å². The lowest BCUT2D eigenvalue weighted by atomic mass is 9.86. The molecule has 0 spiro atoms. The lowest BCUT2D eigenvalue weighted by Crippen LogP contribution is -2.18. The van der Waals surface area contributed by atoms with Crippen molar-refractivity contribution < 1.29 is 4.79 Å². The summed E-state index contributed by atoms with van der Waals surface area (Å²) in [6, 6.07) is 0. The van der Waals surface area contributed by atoms with Crippen molar-refractivity contribution in [2.24, 2.45) is 11.7 Å². The van der Waals surface area contributed by atoms with E-state index in [-0.39, 0.29) is 6.41 Å². The van der Waals surface area contributed by atoms with Gasteiger partial charge in [0.15, 0.2) is 0 Å². The summed E-state index contributed by atoms with van der Waals surface area (Å²) in [4.78, 5) is 8.58. The molecule has 0 aromatic heterocycles. The summed E-state index contributed by atoms with van der Waals surface area (Å²) in [5, 5.41) is 3.63. The molecule has 0 saturated heterocycles. The third-order valence-corrected chi connectivity index (χ3v) is 4.70. The predicted octanol–water partition coefficient (Wildman–Crippen LogP) is 3.93. The lowest BCUT2D eigenvalue weighted by molar-refractivity contribution is -0.106. The monoisotopic (exact) mass is 294 g/mol. The molecule has 0 unspecified atom stereocenters. The molecule has 3 heteroatoms. The van der Waals surface area contributed by atoms with Crippen molar-refractivity contribution in [3.8, 4) is 0 Å². The van der Waals surface area contributed by atoms with Gasteiger partial charge in [-0.15, -0.1) is 0 Å². The van der Waals surface area contributed by atoms with Crippen molar-refractivity contribution in [3.05, 3.63) is 11.6 Å². The second-order valence-corrected chi connectivity index (χ2v) is 6.39. The van der Waals surface area contributed by atoms with E-state index >= 15 is 0 Å². The normalized spacial score (nSPS) is 19.3. The van der Waals surface area contributed by atoms with Gasteiger partial charge in [0.1, 0.15) is 0 Å². The molecule has 2 aliphatic rings. The van der Waals surface area contributed by atoms with Crippen LogP contribution in [0.3, 0.4) is 0 Å². The van der Waals surface area contributed by atoms with E-state index < -0.39 is 0 Å². The fraction of sp³-hybridized carbons (Fsp3) is 0.833. The molecule has 2 rings (SSSR count). The average molecular weight is 294 g/mol. The second-order valence-electron chi connectivity index (χ2n) is 6.39. The Morgan fingerprint density at radius 2 is 1.90 bits per heavy atom. The van der Waals surface area contributed by atoms with Gasteiger partial charge in [0.05, 0.1) is 0 Å². The molecule has 122 valence electrons. The predicted molar refractivity (Wildman–Crippen MR) is 90.1 cm³/mol. The number of amides is 1. The topological polar surface area (TPSA) is 55.1 Å². The van der Waals surface area contributed by atoms with E-state index in [2.05, 4.69) is 17.1 Å². The summed E-state index contributed by atoms with van der Waals surface area (Å²) in [6.45, 7) is 2.44. The smallest absolute Gasteiger partial charge is 0.204 e. The summed E-state index contributed by atoms with van der Waals surface area (Å²) in [7, 11) is 0. The zero-order valence-electron chi connectivity index (χ0n) is 13.6. The minimum Gasteiger partial charge on any atom is -0.372 e. The molecule has 3 N–H and O–H groups in total. The Labute approximate surface area is 130 Å². The number of nitrogens with two attached hydrogens (primary N) is 1. The van der Waals surface area contributed by atoms with Crippen molar-refractivity contribution in [2.45, 2.75) is 77.0 Å². The molecule has 1 fully saturated rings. The van der Waals surface area contributed by atoms with Crippen LogP contribution in [-0.2, 0) is 4.79 Å². The Kier molecular flexibility index (Phi) is 11.2. The second kappa shape index (κ2) is 12.9. The minimum atomic E-state index is 0.250. The number of hydrogen-bond donors (Lipinski definition) is 2. The van der Waals surface area contributed by atoms with Crippen LogP contribution in [-0.4, -0.2) is 19.5 Å². The highest BCUT2D eigenvalue weighted by atomic mass is 16.1. The summed E-state index contributed by atoms with van der Waals surface area (Å²) >= 11 is 0. The van der Waals surface area contributed by atoms with Gasteiger partial charge in [-0.2, -0.15) is 0 Å². The summed E-state index contributed by atoms with van der Waals surface area (Å²) < 4.78 is 0. The molecule has 0 aliphatic heterocycles. The quantitative estimate of drug-likeness (QED) is 0.424. The van der Waals surface area contributed by atoms with Gasteiger partial charge in [0, 0.05) is 0 Å². The van der Waals surface area contributed by atoms with Crippen LogP contribution in [0.1, 0.15) is 77.0 Å². The standard InChI is InChI=1S/C17H31N.CH3NO/c1-3-8-16(9-4-1)12-7-14-18-15-13-17-10-5-2-6-11-17;2-1-3/h10,16,18H,1-9,11-15H2;1H,(H2,2,3). The number of nitrogens with one attached hydrogen (secondary N) is 1. The van der Waals surface area contributed by atoms with Crippen LogP contribution < -0.4 is 11.1 Å². The van der Waals surface area contributed by atoms with Gasteiger partial charge in [-0.1, -0.05) is 43.8 Å². The maximum atomic E-state index is 8.58. The Bertz CT molecular complexity index is 283.